The van der Waals surface area contributed by atoms with Gasteiger partial charge in [0.25, 0.3) is 0 Å². The molecule has 0 fully saturated rings. The van der Waals surface area contributed by atoms with Crippen molar-refractivity contribution < 1.29 is 9.90 Å². The van der Waals surface area contributed by atoms with Crippen LogP contribution in [0.2, 0.25) is 0 Å². The number of carbonyl (C=O) groups excluding carboxylic acids is 1. The number of aliphatic hydroxyl groups is 1. The van der Waals surface area contributed by atoms with Crippen LogP contribution in [0.15, 0.2) is 35.3 Å². The third-order valence-corrected chi connectivity index (χ3v) is 4.19. The van der Waals surface area contributed by atoms with Gasteiger partial charge in [0.05, 0.1) is 24.5 Å². The fourth-order valence-corrected chi connectivity index (χ4v) is 2.89. The summed E-state index contributed by atoms with van der Waals surface area (Å²) in [5.74, 6) is -0.115. The van der Waals surface area contributed by atoms with Gasteiger partial charge in [-0.2, -0.15) is 0 Å². The average Bonchev–Trinajstić information content (AvgIpc) is 2.90. The van der Waals surface area contributed by atoms with Crippen molar-refractivity contribution in [2.45, 2.75) is 26.8 Å². The Bertz CT molecular complexity index is 1010. The molecular formula is C18H21N5O3. The highest BCUT2D eigenvalue weighted by atomic mass is 16.3. The first-order chi connectivity index (χ1) is 12.4. The first-order valence-electron chi connectivity index (χ1n) is 8.37. The number of amides is 1. The summed E-state index contributed by atoms with van der Waals surface area (Å²) < 4.78 is 1.45. The maximum absolute atomic E-state index is 12.3. The van der Waals surface area contributed by atoms with Gasteiger partial charge in [0.15, 0.2) is 11.3 Å². The molecule has 8 heteroatoms. The van der Waals surface area contributed by atoms with Crippen molar-refractivity contribution >= 4 is 22.9 Å². The molecule has 0 aliphatic carbocycles. The van der Waals surface area contributed by atoms with Crippen LogP contribution in [0.25, 0.3) is 22.6 Å². The summed E-state index contributed by atoms with van der Waals surface area (Å²) in [5.41, 5.74) is 2.39. The van der Waals surface area contributed by atoms with Gasteiger partial charge in [0, 0.05) is 18.2 Å². The van der Waals surface area contributed by atoms with E-state index >= 15 is 0 Å². The minimum absolute atomic E-state index is 0.0465. The molecular weight excluding hydrogens is 334 g/mol. The maximum atomic E-state index is 12.3. The second-order valence-electron chi connectivity index (χ2n) is 6.48. The van der Waals surface area contributed by atoms with Gasteiger partial charge < -0.3 is 10.4 Å². The SMILES string of the molecule is CC(=O)Nc1cccc(-c2cnc3[nH]c(=O)n([C@H](CO)C(C)C)c3n2)c1. The van der Waals surface area contributed by atoms with Crippen LogP contribution in [0.1, 0.15) is 26.8 Å². The van der Waals surface area contributed by atoms with E-state index in [1.807, 2.05) is 19.9 Å². The van der Waals surface area contributed by atoms with Crippen molar-refractivity contribution in [1.82, 2.24) is 19.5 Å². The number of fused-ring (bicyclic) bond motifs is 1. The van der Waals surface area contributed by atoms with E-state index in [0.29, 0.717) is 22.7 Å². The number of aromatic nitrogens is 4. The van der Waals surface area contributed by atoms with Crippen LogP contribution in [0, 0.1) is 5.92 Å². The van der Waals surface area contributed by atoms with E-state index in [1.165, 1.54) is 11.5 Å². The Balaban J connectivity index is 2.12. The first-order valence-corrected chi connectivity index (χ1v) is 8.37. The number of H-pyrrole nitrogens is 1. The molecule has 0 radical (unpaired) electrons. The standard InChI is InChI=1S/C18H21N5O3/c1-10(2)15(9-24)23-17-16(22-18(23)26)19-8-14(21-17)12-5-4-6-13(7-12)20-11(3)25/h4-8,10,15,24H,9H2,1-3H3,(H,20,25)(H,19,22,26)/t15-/m1/s1. The fourth-order valence-electron chi connectivity index (χ4n) is 2.89. The molecule has 8 nitrogen and oxygen atoms in total. The van der Waals surface area contributed by atoms with Crippen LogP contribution in [0.5, 0.6) is 0 Å². The number of hydrogen-bond donors (Lipinski definition) is 3. The molecule has 0 unspecified atom stereocenters. The zero-order valence-corrected chi connectivity index (χ0v) is 14.9. The number of nitrogens with zero attached hydrogens (tertiary/aromatic N) is 3. The van der Waals surface area contributed by atoms with E-state index in [9.17, 15) is 14.7 Å². The number of carbonyl (C=O) groups is 1. The summed E-state index contributed by atoms with van der Waals surface area (Å²) in [5, 5.41) is 12.4. The van der Waals surface area contributed by atoms with E-state index in [-0.39, 0.29) is 24.1 Å². The number of hydrogen-bond acceptors (Lipinski definition) is 5. The monoisotopic (exact) mass is 355 g/mol. The van der Waals surface area contributed by atoms with Gasteiger partial charge in [-0.1, -0.05) is 26.0 Å². The van der Waals surface area contributed by atoms with E-state index in [2.05, 4.69) is 20.3 Å². The molecule has 136 valence electrons. The van der Waals surface area contributed by atoms with Crippen LogP contribution >= 0.6 is 0 Å². The molecule has 3 rings (SSSR count). The number of benzene rings is 1. The molecule has 1 atom stereocenters. The highest BCUT2D eigenvalue weighted by molar-refractivity contribution is 5.89. The highest BCUT2D eigenvalue weighted by Crippen LogP contribution is 2.24. The van der Waals surface area contributed by atoms with Gasteiger partial charge in [0.1, 0.15) is 0 Å². The number of aromatic amines is 1. The molecule has 0 saturated heterocycles. The molecule has 1 aromatic carbocycles. The summed E-state index contributed by atoms with van der Waals surface area (Å²) in [6.45, 7) is 5.13. The van der Waals surface area contributed by atoms with Crippen LogP contribution in [0.4, 0.5) is 5.69 Å². The Kier molecular flexibility index (Phi) is 4.85. The normalized spacial score (nSPS) is 12.5. The molecule has 2 heterocycles. The third kappa shape index (κ3) is 3.36. The number of rotatable bonds is 5. The van der Waals surface area contributed by atoms with Gasteiger partial charge in [-0.25, -0.2) is 14.8 Å². The molecule has 0 aliphatic heterocycles. The number of imidazole rings is 1. The minimum Gasteiger partial charge on any atom is -0.394 e. The molecule has 0 saturated carbocycles. The predicted molar refractivity (Wildman–Crippen MR) is 98.8 cm³/mol. The zero-order chi connectivity index (χ0) is 18.8. The second-order valence-corrected chi connectivity index (χ2v) is 6.48. The van der Waals surface area contributed by atoms with Gasteiger partial charge in [0.2, 0.25) is 5.91 Å². The molecule has 3 aromatic rings. The Morgan fingerprint density at radius 3 is 2.81 bits per heavy atom. The van der Waals surface area contributed by atoms with Crippen molar-refractivity contribution in [3.8, 4) is 11.3 Å². The summed E-state index contributed by atoms with van der Waals surface area (Å²) in [4.78, 5) is 35.1. The smallest absolute Gasteiger partial charge is 0.329 e. The van der Waals surface area contributed by atoms with Gasteiger partial charge in [-0.3, -0.25) is 14.3 Å². The predicted octanol–water partition coefficient (Wildman–Crippen LogP) is 1.93. The number of anilines is 1. The maximum Gasteiger partial charge on any atom is 0.329 e. The fraction of sp³-hybridized carbons (Fsp3) is 0.333. The van der Waals surface area contributed by atoms with Crippen molar-refractivity contribution in [2.75, 3.05) is 11.9 Å². The molecule has 26 heavy (non-hydrogen) atoms. The molecule has 0 bridgehead atoms. The lowest BCUT2D eigenvalue weighted by atomic mass is 10.1. The summed E-state index contributed by atoms with van der Waals surface area (Å²) in [6.07, 6.45) is 1.57. The lowest BCUT2D eigenvalue weighted by Gasteiger charge is -2.19. The van der Waals surface area contributed by atoms with Crippen molar-refractivity contribution in [2.24, 2.45) is 5.92 Å². The van der Waals surface area contributed by atoms with Crippen LogP contribution in [-0.4, -0.2) is 37.1 Å². The van der Waals surface area contributed by atoms with E-state index < -0.39 is 6.04 Å². The Morgan fingerprint density at radius 1 is 1.38 bits per heavy atom. The van der Waals surface area contributed by atoms with E-state index in [1.54, 1.807) is 24.4 Å². The zero-order valence-electron chi connectivity index (χ0n) is 14.9. The van der Waals surface area contributed by atoms with Crippen LogP contribution in [-0.2, 0) is 4.79 Å². The quantitative estimate of drug-likeness (QED) is 0.647. The molecule has 0 spiro atoms. The first kappa shape index (κ1) is 17.8. The van der Waals surface area contributed by atoms with Gasteiger partial charge in [-0.05, 0) is 18.1 Å². The molecule has 3 N–H and O–H groups in total. The lowest BCUT2D eigenvalue weighted by Crippen LogP contribution is -2.28. The van der Waals surface area contributed by atoms with E-state index in [4.69, 9.17) is 0 Å². The average molecular weight is 355 g/mol. The number of nitrogens with one attached hydrogen (secondary N) is 2. The second kappa shape index (κ2) is 7.09. The molecule has 0 aliphatic rings. The molecule has 1 amide bonds. The van der Waals surface area contributed by atoms with Crippen molar-refractivity contribution in [3.05, 3.63) is 40.9 Å². The Morgan fingerprint density at radius 2 is 2.15 bits per heavy atom. The van der Waals surface area contributed by atoms with Gasteiger partial charge in [-0.15, -0.1) is 0 Å². The summed E-state index contributed by atoms with van der Waals surface area (Å²) in [7, 11) is 0. The Labute approximate surface area is 149 Å². The van der Waals surface area contributed by atoms with Crippen molar-refractivity contribution in [1.29, 1.82) is 0 Å². The lowest BCUT2D eigenvalue weighted by molar-refractivity contribution is -0.114. The highest BCUT2D eigenvalue weighted by Gasteiger charge is 2.21. The van der Waals surface area contributed by atoms with Crippen LogP contribution < -0.4 is 11.0 Å². The largest absolute Gasteiger partial charge is 0.394 e. The third-order valence-electron chi connectivity index (χ3n) is 4.19. The summed E-state index contributed by atoms with van der Waals surface area (Å²) in [6, 6.07) is 6.83. The van der Waals surface area contributed by atoms with Crippen LogP contribution in [0.3, 0.4) is 0 Å². The van der Waals surface area contributed by atoms with Crippen molar-refractivity contribution in [3.63, 3.8) is 0 Å². The topological polar surface area (TPSA) is 113 Å². The Hall–Kier alpha value is -3.00. The van der Waals surface area contributed by atoms with E-state index in [0.717, 1.165) is 5.56 Å². The molecule has 2 aromatic heterocycles. The minimum atomic E-state index is -0.397. The van der Waals surface area contributed by atoms with Gasteiger partial charge >= 0.3 is 5.69 Å². The summed E-state index contributed by atoms with van der Waals surface area (Å²) >= 11 is 0. The number of aliphatic hydroxyl groups excluding tert-OH is 1.